The highest BCUT2D eigenvalue weighted by molar-refractivity contribution is 7.14. The van der Waals surface area contributed by atoms with Gasteiger partial charge in [0.05, 0.1) is 12.1 Å². The van der Waals surface area contributed by atoms with Gasteiger partial charge in [-0.05, 0) is 26.0 Å². The van der Waals surface area contributed by atoms with Crippen LogP contribution in [0.4, 0.5) is 5.13 Å². The molecule has 0 spiro atoms. The zero-order valence-electron chi connectivity index (χ0n) is 11.3. The number of benzene rings is 1. The number of aromatic nitrogens is 1. The second-order valence-electron chi connectivity index (χ2n) is 4.62. The Hall–Kier alpha value is -2.21. The third-order valence-corrected chi connectivity index (χ3v) is 3.42. The number of aryl methyl sites for hydroxylation is 2. The highest BCUT2D eigenvalue weighted by atomic mass is 32.1. The number of thiazole rings is 1. The van der Waals surface area contributed by atoms with Crippen molar-refractivity contribution in [1.29, 1.82) is 0 Å². The van der Waals surface area contributed by atoms with Crippen molar-refractivity contribution < 1.29 is 9.59 Å². The summed E-state index contributed by atoms with van der Waals surface area (Å²) in [5.74, 6) is -0.653. The van der Waals surface area contributed by atoms with Crippen molar-refractivity contribution in [3.8, 4) is 0 Å². The maximum atomic E-state index is 12.1. The Labute approximate surface area is 120 Å². The standard InChI is InChI=1S/C14H15N3O2S/c1-8-3-9(2)5-10(4-8)13(19)17-14-16-11(7-20-14)6-12(15)18/h3-5,7H,6H2,1-2H3,(H2,15,18)(H,16,17,19). The van der Waals surface area contributed by atoms with E-state index >= 15 is 0 Å². The quantitative estimate of drug-likeness (QED) is 0.903. The number of primary amides is 1. The number of rotatable bonds is 4. The van der Waals surface area contributed by atoms with E-state index in [-0.39, 0.29) is 12.3 Å². The summed E-state index contributed by atoms with van der Waals surface area (Å²) >= 11 is 1.27. The Morgan fingerprint density at radius 2 is 1.90 bits per heavy atom. The SMILES string of the molecule is Cc1cc(C)cc(C(=O)Nc2nc(CC(N)=O)cs2)c1. The molecule has 20 heavy (non-hydrogen) atoms. The van der Waals surface area contributed by atoms with Gasteiger partial charge < -0.3 is 5.73 Å². The predicted octanol–water partition coefficient (Wildman–Crippen LogP) is 2.04. The molecule has 1 aromatic heterocycles. The van der Waals surface area contributed by atoms with Crippen LogP contribution >= 0.6 is 11.3 Å². The maximum absolute atomic E-state index is 12.1. The van der Waals surface area contributed by atoms with Crippen LogP contribution in [0.25, 0.3) is 0 Å². The highest BCUT2D eigenvalue weighted by Gasteiger charge is 2.10. The molecule has 0 aliphatic rings. The Morgan fingerprint density at radius 1 is 1.25 bits per heavy atom. The summed E-state index contributed by atoms with van der Waals surface area (Å²) in [6, 6.07) is 5.64. The normalized spacial score (nSPS) is 10.3. The van der Waals surface area contributed by atoms with E-state index < -0.39 is 5.91 Å². The summed E-state index contributed by atoms with van der Waals surface area (Å²) in [5.41, 5.74) is 8.32. The summed E-state index contributed by atoms with van der Waals surface area (Å²) in [7, 11) is 0. The number of hydrogen-bond donors (Lipinski definition) is 2. The van der Waals surface area contributed by atoms with Gasteiger partial charge in [0.2, 0.25) is 5.91 Å². The molecule has 0 atom stereocenters. The first-order valence-electron chi connectivity index (χ1n) is 6.06. The van der Waals surface area contributed by atoms with Gasteiger partial charge in [-0.15, -0.1) is 11.3 Å². The van der Waals surface area contributed by atoms with Crippen molar-refractivity contribution in [1.82, 2.24) is 4.98 Å². The van der Waals surface area contributed by atoms with Gasteiger partial charge in [0.1, 0.15) is 0 Å². The van der Waals surface area contributed by atoms with Crippen molar-refractivity contribution >= 4 is 28.3 Å². The number of carbonyl (C=O) groups is 2. The fourth-order valence-corrected chi connectivity index (χ4v) is 2.60. The van der Waals surface area contributed by atoms with E-state index in [4.69, 9.17) is 5.73 Å². The lowest BCUT2D eigenvalue weighted by Crippen LogP contribution is -2.14. The van der Waals surface area contributed by atoms with Gasteiger partial charge in [-0.25, -0.2) is 4.98 Å². The largest absolute Gasteiger partial charge is 0.369 e. The van der Waals surface area contributed by atoms with Crippen molar-refractivity contribution in [2.75, 3.05) is 5.32 Å². The van der Waals surface area contributed by atoms with Crippen LogP contribution < -0.4 is 11.1 Å². The van der Waals surface area contributed by atoms with Crippen LogP contribution in [0, 0.1) is 13.8 Å². The van der Waals surface area contributed by atoms with Gasteiger partial charge in [0, 0.05) is 10.9 Å². The lowest BCUT2D eigenvalue weighted by Gasteiger charge is -2.04. The summed E-state index contributed by atoms with van der Waals surface area (Å²) in [6.45, 7) is 3.89. The number of nitrogens with one attached hydrogen (secondary N) is 1. The fourth-order valence-electron chi connectivity index (χ4n) is 1.90. The van der Waals surface area contributed by atoms with Crippen LogP contribution in [0.5, 0.6) is 0 Å². The van der Waals surface area contributed by atoms with Gasteiger partial charge in [-0.1, -0.05) is 17.2 Å². The lowest BCUT2D eigenvalue weighted by atomic mass is 10.1. The topological polar surface area (TPSA) is 85.1 Å². The van der Waals surface area contributed by atoms with Crippen molar-refractivity contribution in [3.63, 3.8) is 0 Å². The molecule has 2 amide bonds. The number of carbonyl (C=O) groups excluding carboxylic acids is 2. The van der Waals surface area contributed by atoms with Crippen LogP contribution in [-0.4, -0.2) is 16.8 Å². The summed E-state index contributed by atoms with van der Waals surface area (Å²) in [4.78, 5) is 27.1. The van der Waals surface area contributed by atoms with Gasteiger partial charge in [-0.3, -0.25) is 14.9 Å². The molecule has 0 saturated heterocycles. The first kappa shape index (κ1) is 14.2. The smallest absolute Gasteiger partial charge is 0.257 e. The van der Waals surface area contributed by atoms with Gasteiger partial charge in [-0.2, -0.15) is 0 Å². The van der Waals surface area contributed by atoms with E-state index in [0.717, 1.165) is 11.1 Å². The van der Waals surface area contributed by atoms with E-state index in [9.17, 15) is 9.59 Å². The van der Waals surface area contributed by atoms with Crippen molar-refractivity contribution in [2.24, 2.45) is 5.73 Å². The van der Waals surface area contributed by atoms with Crippen LogP contribution in [0.3, 0.4) is 0 Å². The first-order valence-corrected chi connectivity index (χ1v) is 6.94. The molecule has 0 saturated carbocycles. The third kappa shape index (κ3) is 3.64. The van der Waals surface area contributed by atoms with E-state index in [1.807, 2.05) is 32.0 Å². The zero-order valence-corrected chi connectivity index (χ0v) is 12.1. The third-order valence-electron chi connectivity index (χ3n) is 2.61. The molecular weight excluding hydrogens is 274 g/mol. The van der Waals surface area contributed by atoms with Crippen LogP contribution in [0.15, 0.2) is 23.6 Å². The first-order chi connectivity index (χ1) is 9.44. The molecule has 0 radical (unpaired) electrons. The minimum atomic E-state index is -0.442. The monoisotopic (exact) mass is 289 g/mol. The minimum absolute atomic E-state index is 0.0793. The molecule has 3 N–H and O–H groups in total. The van der Waals surface area contributed by atoms with Crippen LogP contribution in [-0.2, 0) is 11.2 Å². The number of amides is 2. The molecule has 1 aromatic carbocycles. The molecule has 5 nitrogen and oxygen atoms in total. The Bertz CT molecular complexity index is 644. The number of anilines is 1. The highest BCUT2D eigenvalue weighted by Crippen LogP contribution is 2.17. The van der Waals surface area contributed by atoms with Crippen molar-refractivity contribution in [3.05, 3.63) is 46.0 Å². The number of hydrogen-bond acceptors (Lipinski definition) is 4. The molecule has 0 fully saturated rings. The van der Waals surface area contributed by atoms with Gasteiger partial charge in [0.15, 0.2) is 5.13 Å². The van der Waals surface area contributed by atoms with E-state index in [1.165, 1.54) is 11.3 Å². The molecule has 104 valence electrons. The molecule has 2 aromatic rings. The molecule has 0 bridgehead atoms. The Morgan fingerprint density at radius 3 is 2.50 bits per heavy atom. The lowest BCUT2D eigenvalue weighted by molar-refractivity contribution is -0.117. The average Bonchev–Trinajstić information content (AvgIpc) is 2.74. The number of nitrogens with two attached hydrogens (primary N) is 1. The Balaban J connectivity index is 2.11. The minimum Gasteiger partial charge on any atom is -0.369 e. The van der Waals surface area contributed by atoms with E-state index in [1.54, 1.807) is 5.38 Å². The fraction of sp³-hybridized carbons (Fsp3) is 0.214. The van der Waals surface area contributed by atoms with Gasteiger partial charge >= 0.3 is 0 Å². The molecule has 1 heterocycles. The van der Waals surface area contributed by atoms with Crippen LogP contribution in [0.2, 0.25) is 0 Å². The molecule has 0 aliphatic carbocycles. The van der Waals surface area contributed by atoms with E-state index in [2.05, 4.69) is 10.3 Å². The second-order valence-corrected chi connectivity index (χ2v) is 5.48. The molecule has 0 aliphatic heterocycles. The van der Waals surface area contributed by atoms with Crippen LogP contribution in [0.1, 0.15) is 27.2 Å². The zero-order chi connectivity index (χ0) is 14.7. The summed E-state index contributed by atoms with van der Waals surface area (Å²) < 4.78 is 0. The molecular formula is C14H15N3O2S. The molecule has 2 rings (SSSR count). The predicted molar refractivity (Wildman–Crippen MR) is 78.9 cm³/mol. The average molecular weight is 289 g/mol. The van der Waals surface area contributed by atoms with E-state index in [0.29, 0.717) is 16.4 Å². The molecule has 6 heteroatoms. The second kappa shape index (κ2) is 5.83. The maximum Gasteiger partial charge on any atom is 0.257 e. The van der Waals surface area contributed by atoms with Crippen molar-refractivity contribution in [2.45, 2.75) is 20.3 Å². The number of nitrogens with zero attached hydrogens (tertiary/aromatic N) is 1. The Kier molecular flexibility index (Phi) is 4.14. The summed E-state index contributed by atoms with van der Waals surface area (Å²) in [6.07, 6.45) is 0.0793. The summed E-state index contributed by atoms with van der Waals surface area (Å²) in [5, 5.41) is 4.90. The molecule has 0 unspecified atom stereocenters. The van der Waals surface area contributed by atoms with Gasteiger partial charge in [0.25, 0.3) is 5.91 Å².